The number of benzene rings is 1. The molecule has 1 aliphatic carbocycles. The zero-order chi connectivity index (χ0) is 24.8. The van der Waals surface area contributed by atoms with Gasteiger partial charge in [-0.25, -0.2) is 22.9 Å². The van der Waals surface area contributed by atoms with Crippen molar-refractivity contribution >= 4 is 15.9 Å². The van der Waals surface area contributed by atoms with Crippen LogP contribution >= 0.6 is 0 Å². The molecule has 1 saturated carbocycles. The summed E-state index contributed by atoms with van der Waals surface area (Å²) in [5, 5.41) is 4.08. The van der Waals surface area contributed by atoms with Gasteiger partial charge in [0.2, 0.25) is 5.88 Å². The number of nitrogens with two attached hydrogens (primary N) is 1. The first-order valence-corrected chi connectivity index (χ1v) is 13.0. The van der Waals surface area contributed by atoms with Crippen molar-refractivity contribution in [3.8, 4) is 28.6 Å². The van der Waals surface area contributed by atoms with Crippen molar-refractivity contribution in [3.63, 3.8) is 0 Å². The second-order valence-corrected chi connectivity index (χ2v) is 11.9. The second-order valence-electron chi connectivity index (χ2n) is 9.17. The van der Waals surface area contributed by atoms with Crippen molar-refractivity contribution in [1.29, 1.82) is 0 Å². The summed E-state index contributed by atoms with van der Waals surface area (Å²) in [5.74, 6) is 0.457. The largest absolute Gasteiger partial charge is 0.480 e. The lowest BCUT2D eigenvalue weighted by atomic mass is 9.91. The molecule has 1 aromatic carbocycles. The molecule has 35 heavy (non-hydrogen) atoms. The van der Waals surface area contributed by atoms with E-state index in [0.717, 1.165) is 12.8 Å². The molecule has 9 nitrogen and oxygen atoms in total. The third-order valence-corrected chi connectivity index (χ3v) is 10.4. The molecule has 0 saturated heterocycles. The van der Waals surface area contributed by atoms with Crippen LogP contribution in [0.15, 0.2) is 50.5 Å². The first-order chi connectivity index (χ1) is 16.7. The lowest BCUT2D eigenvalue weighted by Gasteiger charge is -2.42. The number of nitrogens with zero attached hydrogens (tertiary/aromatic N) is 5. The van der Waals surface area contributed by atoms with Crippen molar-refractivity contribution in [2.24, 2.45) is 15.1 Å². The predicted molar refractivity (Wildman–Crippen MR) is 131 cm³/mol. The average Bonchev–Trinajstić information content (AvgIpc) is 3.50. The summed E-state index contributed by atoms with van der Waals surface area (Å²) >= 11 is 0. The van der Waals surface area contributed by atoms with E-state index in [1.165, 1.54) is 25.6 Å². The number of ether oxygens (including phenoxy) is 1. The lowest BCUT2D eigenvalue weighted by Crippen LogP contribution is -2.57. The molecular formula is C24H27FN6O3S. The van der Waals surface area contributed by atoms with Crippen LogP contribution in [-0.4, -0.2) is 56.2 Å². The highest BCUT2D eigenvalue weighted by Gasteiger charge is 2.54. The molecular weight excluding hydrogens is 471 g/mol. The second kappa shape index (κ2) is 8.49. The summed E-state index contributed by atoms with van der Waals surface area (Å²) in [4.78, 5) is 13.2. The molecule has 0 radical (unpaired) electrons. The minimum absolute atomic E-state index is 0.0875. The predicted octanol–water partition coefficient (Wildman–Crippen LogP) is 3.59. The SMILES string of the molecule is CN=[S@]1(=O)C[C@@](C)(c2cc(-c3cc(-c4cnc(OC)cn4)no3)ccc2F)N=CC12CCCC2N. The molecule has 2 aliphatic rings. The Labute approximate surface area is 203 Å². The Morgan fingerprint density at radius 1 is 1.26 bits per heavy atom. The number of aromatic nitrogens is 3. The Bertz CT molecular complexity index is 1410. The van der Waals surface area contributed by atoms with Gasteiger partial charge in [0.25, 0.3) is 0 Å². The number of methoxy groups -OCH3 is 1. The standard InChI is InChI=1S/C24H27FN6O3S/c1-23(14-35(32,27-2)24(13-30-23)8-4-5-21(24)26)16-9-15(6-7-17(16)25)20-10-18(31-34-20)19-11-29-22(33-3)12-28-19/h6-7,9-13,21H,4-5,8,14,26H2,1-3H3/t21?,23-,24?,35-/m0/s1. The van der Waals surface area contributed by atoms with Gasteiger partial charge >= 0.3 is 0 Å². The molecule has 3 heterocycles. The van der Waals surface area contributed by atoms with Crippen molar-refractivity contribution in [3.05, 3.63) is 48.0 Å². The Morgan fingerprint density at radius 2 is 2.09 bits per heavy atom. The number of rotatable bonds is 4. The van der Waals surface area contributed by atoms with E-state index in [0.29, 0.717) is 40.6 Å². The normalized spacial score (nSPS) is 30.0. The first-order valence-electron chi connectivity index (χ1n) is 11.3. The van der Waals surface area contributed by atoms with Crippen LogP contribution in [0.1, 0.15) is 31.7 Å². The third kappa shape index (κ3) is 3.73. The van der Waals surface area contributed by atoms with Crippen molar-refractivity contribution in [2.45, 2.75) is 42.5 Å². The molecule has 184 valence electrons. The van der Waals surface area contributed by atoms with E-state index in [-0.39, 0.29) is 11.8 Å². The van der Waals surface area contributed by atoms with Gasteiger partial charge < -0.3 is 15.0 Å². The van der Waals surface area contributed by atoms with Crippen LogP contribution in [-0.2, 0) is 15.3 Å². The van der Waals surface area contributed by atoms with Gasteiger partial charge in [0.05, 0.1) is 40.5 Å². The summed E-state index contributed by atoms with van der Waals surface area (Å²) in [7, 11) is 0.283. The molecule has 11 heteroatoms. The lowest BCUT2D eigenvalue weighted by molar-refractivity contribution is 0.395. The highest BCUT2D eigenvalue weighted by atomic mass is 32.2. The van der Waals surface area contributed by atoms with Gasteiger partial charge in [-0.05, 0) is 44.4 Å². The molecule has 2 unspecified atom stereocenters. The number of hydrogen-bond donors (Lipinski definition) is 1. The van der Waals surface area contributed by atoms with E-state index in [2.05, 4.69) is 19.5 Å². The summed E-state index contributed by atoms with van der Waals surface area (Å²) in [6.07, 6.45) is 7.02. The zero-order valence-electron chi connectivity index (χ0n) is 19.8. The topological polar surface area (TPSA) is 129 Å². The van der Waals surface area contributed by atoms with Crippen LogP contribution in [0.2, 0.25) is 0 Å². The van der Waals surface area contributed by atoms with Crippen LogP contribution in [0.3, 0.4) is 0 Å². The maximum Gasteiger partial charge on any atom is 0.232 e. The maximum absolute atomic E-state index is 15.2. The van der Waals surface area contributed by atoms with E-state index in [1.54, 1.807) is 38.4 Å². The highest BCUT2D eigenvalue weighted by Crippen LogP contribution is 2.45. The fourth-order valence-corrected chi connectivity index (χ4v) is 8.03. The van der Waals surface area contributed by atoms with E-state index < -0.39 is 25.8 Å². The summed E-state index contributed by atoms with van der Waals surface area (Å²) in [6, 6.07) is 6.05. The average molecular weight is 499 g/mol. The van der Waals surface area contributed by atoms with Crippen LogP contribution in [0.5, 0.6) is 5.88 Å². The molecule has 3 aromatic rings. The fraction of sp³-hybridized carbons (Fsp3) is 0.417. The molecule has 1 spiro atoms. The zero-order valence-corrected chi connectivity index (χ0v) is 20.6. The first kappa shape index (κ1) is 23.6. The van der Waals surface area contributed by atoms with E-state index in [1.807, 2.05) is 0 Å². The summed E-state index contributed by atoms with van der Waals surface area (Å²) in [6.45, 7) is 1.78. The molecule has 2 N–H and O–H groups in total. The van der Waals surface area contributed by atoms with Gasteiger partial charge in [-0.1, -0.05) is 5.16 Å². The molecule has 1 fully saturated rings. The Morgan fingerprint density at radius 3 is 2.74 bits per heavy atom. The van der Waals surface area contributed by atoms with Gasteiger partial charge in [-0.15, -0.1) is 0 Å². The molecule has 2 aromatic heterocycles. The van der Waals surface area contributed by atoms with Crippen molar-refractivity contribution in [1.82, 2.24) is 15.1 Å². The summed E-state index contributed by atoms with van der Waals surface area (Å²) < 4.78 is 43.4. The van der Waals surface area contributed by atoms with E-state index in [9.17, 15) is 4.21 Å². The molecule has 4 atom stereocenters. The van der Waals surface area contributed by atoms with Gasteiger partial charge in [-0.2, -0.15) is 0 Å². The third-order valence-electron chi connectivity index (χ3n) is 7.08. The van der Waals surface area contributed by atoms with Crippen LogP contribution < -0.4 is 10.5 Å². The molecule has 0 bridgehead atoms. The Balaban J connectivity index is 1.52. The van der Waals surface area contributed by atoms with E-state index >= 15 is 4.39 Å². The molecule has 0 amide bonds. The molecule has 1 aliphatic heterocycles. The van der Waals surface area contributed by atoms with Gasteiger partial charge in [0.1, 0.15) is 22.0 Å². The van der Waals surface area contributed by atoms with Crippen LogP contribution in [0.4, 0.5) is 4.39 Å². The number of hydrogen-bond acceptors (Lipinski definition) is 9. The van der Waals surface area contributed by atoms with Crippen molar-refractivity contribution in [2.75, 3.05) is 19.9 Å². The van der Waals surface area contributed by atoms with Gasteiger partial charge in [0, 0.05) is 36.5 Å². The fourth-order valence-electron chi connectivity index (χ4n) is 5.03. The smallest absolute Gasteiger partial charge is 0.232 e. The minimum atomic E-state index is -2.78. The van der Waals surface area contributed by atoms with Gasteiger partial charge in [0.15, 0.2) is 5.76 Å². The number of halogens is 1. The van der Waals surface area contributed by atoms with Gasteiger partial charge in [-0.3, -0.25) is 4.99 Å². The Hall–Kier alpha value is -3.18. The van der Waals surface area contributed by atoms with Crippen molar-refractivity contribution < 1.29 is 17.9 Å². The molecule has 5 rings (SSSR count). The number of aliphatic imine (C=N–C) groups is 1. The minimum Gasteiger partial charge on any atom is -0.480 e. The van der Waals surface area contributed by atoms with Crippen LogP contribution in [0.25, 0.3) is 22.7 Å². The quantitative estimate of drug-likeness (QED) is 0.582. The summed E-state index contributed by atoms with van der Waals surface area (Å²) in [5.41, 5.74) is 7.21. The highest BCUT2D eigenvalue weighted by molar-refractivity contribution is 7.95. The Kier molecular flexibility index (Phi) is 5.71. The van der Waals surface area contributed by atoms with Crippen LogP contribution in [0, 0.1) is 5.82 Å². The van der Waals surface area contributed by atoms with E-state index in [4.69, 9.17) is 20.0 Å². The monoisotopic (exact) mass is 498 g/mol. The maximum atomic E-state index is 15.2.